The number of morpholine rings is 1. The van der Waals surface area contributed by atoms with E-state index in [9.17, 15) is 0 Å². The number of hydrogen-bond acceptors (Lipinski definition) is 5. The molecule has 0 aromatic rings. The van der Waals surface area contributed by atoms with Gasteiger partial charge in [-0.25, -0.2) is 0 Å². The summed E-state index contributed by atoms with van der Waals surface area (Å²) in [5.74, 6) is 0. The van der Waals surface area contributed by atoms with Gasteiger partial charge < -0.3 is 15.4 Å². The van der Waals surface area contributed by atoms with Crippen molar-refractivity contribution in [3.05, 3.63) is 0 Å². The fraction of sp³-hybridized carbons (Fsp3) is 0.929. The Labute approximate surface area is 116 Å². The van der Waals surface area contributed by atoms with Gasteiger partial charge in [0, 0.05) is 26.2 Å². The molecule has 108 valence electrons. The molecule has 0 saturated carbocycles. The van der Waals surface area contributed by atoms with E-state index < -0.39 is 5.54 Å². The van der Waals surface area contributed by atoms with Crippen LogP contribution in [-0.4, -0.2) is 67.8 Å². The average Bonchev–Trinajstić information content (AvgIpc) is 2.47. The third-order valence-electron chi connectivity index (χ3n) is 4.27. The fourth-order valence-electron chi connectivity index (χ4n) is 2.78. The van der Waals surface area contributed by atoms with Crippen LogP contribution in [0.2, 0.25) is 0 Å². The molecule has 0 aromatic carbocycles. The normalized spacial score (nSPS) is 25.1. The maximum atomic E-state index is 8.99. The van der Waals surface area contributed by atoms with Gasteiger partial charge in [0.2, 0.25) is 0 Å². The Morgan fingerprint density at radius 2 is 1.53 bits per heavy atom. The number of hydrogen-bond donors (Lipinski definition) is 1. The number of rotatable bonds is 5. The lowest BCUT2D eigenvalue weighted by Gasteiger charge is -2.34. The lowest BCUT2D eigenvalue weighted by atomic mass is 9.90. The van der Waals surface area contributed by atoms with Crippen molar-refractivity contribution in [2.45, 2.75) is 31.2 Å². The molecule has 2 aliphatic heterocycles. The highest BCUT2D eigenvalue weighted by atomic mass is 16.5. The summed E-state index contributed by atoms with van der Waals surface area (Å²) < 4.78 is 5.34. The van der Waals surface area contributed by atoms with Gasteiger partial charge >= 0.3 is 0 Å². The third kappa shape index (κ3) is 4.73. The Hall–Kier alpha value is -0.670. The summed E-state index contributed by atoms with van der Waals surface area (Å²) in [6, 6.07) is 2.24. The maximum absolute atomic E-state index is 8.99. The zero-order valence-corrected chi connectivity index (χ0v) is 11.8. The van der Waals surface area contributed by atoms with Crippen LogP contribution < -0.4 is 5.73 Å². The van der Waals surface area contributed by atoms with Gasteiger partial charge in [0.25, 0.3) is 0 Å². The Kier molecular flexibility index (Phi) is 5.59. The Balaban J connectivity index is 1.53. The van der Waals surface area contributed by atoms with Crippen molar-refractivity contribution in [2.24, 2.45) is 5.73 Å². The van der Waals surface area contributed by atoms with Gasteiger partial charge in [-0.2, -0.15) is 5.26 Å². The van der Waals surface area contributed by atoms with E-state index in [0.29, 0.717) is 0 Å². The Morgan fingerprint density at radius 1 is 1.00 bits per heavy atom. The summed E-state index contributed by atoms with van der Waals surface area (Å²) >= 11 is 0. The maximum Gasteiger partial charge on any atom is 0.106 e. The molecule has 0 spiro atoms. The van der Waals surface area contributed by atoms with Gasteiger partial charge in [-0.3, -0.25) is 4.90 Å². The molecule has 0 bridgehead atoms. The number of likely N-dealkylation sites (tertiary alicyclic amines) is 1. The molecule has 2 N–H and O–H groups in total. The highest BCUT2D eigenvalue weighted by Gasteiger charge is 2.30. The second kappa shape index (κ2) is 7.20. The molecular weight excluding hydrogens is 240 g/mol. The summed E-state index contributed by atoms with van der Waals surface area (Å²) in [7, 11) is 0. The van der Waals surface area contributed by atoms with Gasteiger partial charge in [-0.05, 0) is 38.8 Å². The van der Waals surface area contributed by atoms with Crippen LogP contribution >= 0.6 is 0 Å². The van der Waals surface area contributed by atoms with Crippen molar-refractivity contribution in [3.63, 3.8) is 0 Å². The van der Waals surface area contributed by atoms with Crippen LogP contribution in [0, 0.1) is 11.3 Å². The van der Waals surface area contributed by atoms with Crippen LogP contribution in [0.5, 0.6) is 0 Å². The van der Waals surface area contributed by atoms with Crippen LogP contribution in [0.4, 0.5) is 0 Å². The first kappa shape index (κ1) is 14.7. The topological polar surface area (TPSA) is 65.5 Å². The highest BCUT2D eigenvalue weighted by molar-refractivity contribution is 5.07. The van der Waals surface area contributed by atoms with Crippen molar-refractivity contribution in [3.8, 4) is 6.07 Å². The molecule has 0 unspecified atom stereocenters. The van der Waals surface area contributed by atoms with Crippen molar-refractivity contribution < 1.29 is 4.74 Å². The van der Waals surface area contributed by atoms with Crippen molar-refractivity contribution >= 4 is 0 Å². The van der Waals surface area contributed by atoms with Crippen LogP contribution in [0.1, 0.15) is 25.7 Å². The van der Waals surface area contributed by atoms with Gasteiger partial charge in [0.1, 0.15) is 5.54 Å². The molecule has 0 atom stereocenters. The molecule has 2 heterocycles. The zero-order valence-electron chi connectivity index (χ0n) is 11.8. The van der Waals surface area contributed by atoms with Crippen LogP contribution in [0.25, 0.3) is 0 Å². The van der Waals surface area contributed by atoms with E-state index in [1.54, 1.807) is 0 Å². The smallest absolute Gasteiger partial charge is 0.106 e. The lowest BCUT2D eigenvalue weighted by Crippen LogP contribution is -2.49. The third-order valence-corrected chi connectivity index (χ3v) is 4.27. The molecule has 0 amide bonds. The molecule has 5 heteroatoms. The van der Waals surface area contributed by atoms with Crippen LogP contribution in [0.15, 0.2) is 0 Å². The molecule has 0 aliphatic carbocycles. The number of unbranched alkanes of at least 4 members (excludes halogenated alkanes) is 1. The molecular formula is C14H26N4O. The average molecular weight is 266 g/mol. The first-order chi connectivity index (χ1) is 9.22. The molecule has 5 nitrogen and oxygen atoms in total. The summed E-state index contributed by atoms with van der Waals surface area (Å²) in [6.45, 7) is 8.23. The summed E-state index contributed by atoms with van der Waals surface area (Å²) in [5, 5.41) is 8.99. The highest BCUT2D eigenvalue weighted by Crippen LogP contribution is 2.18. The van der Waals surface area contributed by atoms with Gasteiger partial charge in [0.15, 0.2) is 0 Å². The second-order valence-corrected chi connectivity index (χ2v) is 5.77. The van der Waals surface area contributed by atoms with Crippen LogP contribution in [0.3, 0.4) is 0 Å². The van der Waals surface area contributed by atoms with E-state index in [2.05, 4.69) is 15.9 Å². The number of nitrogens with two attached hydrogens (primary N) is 1. The van der Waals surface area contributed by atoms with E-state index in [0.717, 1.165) is 58.8 Å². The van der Waals surface area contributed by atoms with Crippen molar-refractivity contribution in [1.29, 1.82) is 5.26 Å². The first-order valence-corrected chi connectivity index (χ1v) is 7.44. The molecule has 0 radical (unpaired) electrons. The predicted octanol–water partition coefficient (Wildman–Crippen LogP) is 0.416. The van der Waals surface area contributed by atoms with Crippen LogP contribution in [-0.2, 0) is 4.74 Å². The molecule has 2 rings (SSSR count). The SMILES string of the molecule is N#CC1(N)CCN(CCCCN2CCOCC2)CC1. The van der Waals surface area contributed by atoms with Gasteiger partial charge in [-0.1, -0.05) is 0 Å². The summed E-state index contributed by atoms with van der Waals surface area (Å²) in [4.78, 5) is 4.93. The summed E-state index contributed by atoms with van der Waals surface area (Å²) in [6.07, 6.45) is 4.12. The predicted molar refractivity (Wildman–Crippen MR) is 74.7 cm³/mol. The van der Waals surface area contributed by atoms with Gasteiger partial charge in [0.05, 0.1) is 19.3 Å². The van der Waals surface area contributed by atoms with E-state index in [-0.39, 0.29) is 0 Å². The van der Waals surface area contributed by atoms with E-state index >= 15 is 0 Å². The molecule has 0 aromatic heterocycles. The number of ether oxygens (including phenoxy) is 1. The van der Waals surface area contributed by atoms with Crippen molar-refractivity contribution in [1.82, 2.24) is 9.80 Å². The Morgan fingerprint density at radius 3 is 2.05 bits per heavy atom. The van der Waals surface area contributed by atoms with E-state index in [1.165, 1.54) is 19.4 Å². The standard InChI is InChI=1S/C14H26N4O/c15-13-14(16)3-7-17(8-4-14)5-1-2-6-18-9-11-19-12-10-18/h1-12,16H2. The number of nitrogens with zero attached hydrogens (tertiary/aromatic N) is 3. The van der Waals surface area contributed by atoms with Crippen molar-refractivity contribution in [2.75, 3.05) is 52.5 Å². The Bertz CT molecular complexity index is 301. The summed E-state index contributed by atoms with van der Waals surface area (Å²) in [5.41, 5.74) is 5.40. The quantitative estimate of drug-likeness (QED) is 0.730. The second-order valence-electron chi connectivity index (χ2n) is 5.77. The van der Waals surface area contributed by atoms with E-state index in [4.69, 9.17) is 15.7 Å². The minimum atomic E-state index is -0.565. The molecule has 2 aliphatic rings. The first-order valence-electron chi connectivity index (χ1n) is 7.44. The zero-order chi connectivity index (χ0) is 13.6. The molecule has 19 heavy (non-hydrogen) atoms. The van der Waals surface area contributed by atoms with E-state index in [1.807, 2.05) is 0 Å². The monoisotopic (exact) mass is 266 g/mol. The fourth-order valence-corrected chi connectivity index (χ4v) is 2.78. The minimum Gasteiger partial charge on any atom is -0.379 e. The molecule has 2 saturated heterocycles. The van der Waals surface area contributed by atoms with Gasteiger partial charge in [-0.15, -0.1) is 0 Å². The lowest BCUT2D eigenvalue weighted by molar-refractivity contribution is 0.0367. The molecule has 2 fully saturated rings. The number of nitriles is 1. The minimum absolute atomic E-state index is 0.565. The largest absolute Gasteiger partial charge is 0.379 e. The number of piperidine rings is 1.